The van der Waals surface area contributed by atoms with Gasteiger partial charge in [-0.2, -0.15) is 0 Å². The Hall–Kier alpha value is -0.870. The van der Waals surface area contributed by atoms with Crippen LogP contribution in [0.4, 0.5) is 0 Å². The van der Waals surface area contributed by atoms with E-state index in [-0.39, 0.29) is 11.3 Å². The minimum absolute atomic E-state index is 0.0734. The third-order valence-electron chi connectivity index (χ3n) is 4.02. The van der Waals surface area contributed by atoms with Gasteiger partial charge in [-0.15, -0.1) is 0 Å². The lowest BCUT2D eigenvalue weighted by Gasteiger charge is -2.33. The normalized spacial score (nSPS) is 25.4. The van der Waals surface area contributed by atoms with Crippen LogP contribution >= 0.6 is 24.0 Å². The van der Waals surface area contributed by atoms with Gasteiger partial charge in [-0.05, 0) is 49.7 Å². The van der Waals surface area contributed by atoms with Gasteiger partial charge >= 0.3 is 0 Å². The summed E-state index contributed by atoms with van der Waals surface area (Å²) in [5.41, 5.74) is 4.09. The van der Waals surface area contributed by atoms with E-state index < -0.39 is 0 Å². The lowest BCUT2D eigenvalue weighted by Crippen LogP contribution is -2.19. The first-order chi connectivity index (χ1) is 9.31. The van der Waals surface area contributed by atoms with Gasteiger partial charge in [0.25, 0.3) is 5.91 Å². The van der Waals surface area contributed by atoms with E-state index in [1.807, 2.05) is 6.92 Å². The Bertz CT molecular complexity index is 553. The van der Waals surface area contributed by atoms with Gasteiger partial charge in [-0.25, -0.2) is 0 Å². The molecule has 1 saturated heterocycles. The molecular formula is C16H21NOS2. The van der Waals surface area contributed by atoms with Gasteiger partial charge in [-0.3, -0.25) is 4.79 Å². The topological polar surface area (TPSA) is 29.1 Å². The molecule has 2 rings (SSSR count). The first kappa shape index (κ1) is 15.5. The second kappa shape index (κ2) is 5.86. The van der Waals surface area contributed by atoms with Crippen molar-refractivity contribution in [2.75, 3.05) is 0 Å². The molecule has 4 heteroatoms. The number of amides is 1. The summed E-state index contributed by atoms with van der Waals surface area (Å²) < 4.78 is 0.547. The van der Waals surface area contributed by atoms with Gasteiger partial charge in [-0.1, -0.05) is 55.6 Å². The molecule has 1 aliphatic carbocycles. The molecule has 1 amide bonds. The molecule has 1 N–H and O–H groups in total. The van der Waals surface area contributed by atoms with Crippen molar-refractivity contribution in [1.29, 1.82) is 0 Å². The van der Waals surface area contributed by atoms with Gasteiger partial charge in [0.1, 0.15) is 4.32 Å². The lowest BCUT2D eigenvalue weighted by molar-refractivity contribution is -0.115. The van der Waals surface area contributed by atoms with Crippen LogP contribution in [-0.2, 0) is 4.79 Å². The Morgan fingerprint density at radius 1 is 1.45 bits per heavy atom. The summed E-state index contributed by atoms with van der Waals surface area (Å²) in [6.45, 7) is 8.78. The highest BCUT2D eigenvalue weighted by Gasteiger charge is 2.27. The first-order valence-electron chi connectivity index (χ1n) is 6.93. The average Bonchev–Trinajstić information content (AvgIpc) is 2.66. The minimum atomic E-state index is -0.0734. The fourth-order valence-electron chi connectivity index (χ4n) is 2.87. The molecule has 0 spiro atoms. The SMILES string of the molecule is CC(C=CC1=C(C)CCCC1(C)C)=C1SC(=S)NC1=O. The molecule has 0 aromatic heterocycles. The van der Waals surface area contributed by atoms with E-state index in [0.29, 0.717) is 4.32 Å². The van der Waals surface area contributed by atoms with Crippen LogP contribution in [0.3, 0.4) is 0 Å². The zero-order valence-electron chi connectivity index (χ0n) is 12.5. The number of thioether (sulfide) groups is 1. The quantitative estimate of drug-likeness (QED) is 0.602. The highest BCUT2D eigenvalue weighted by Crippen LogP contribution is 2.41. The van der Waals surface area contributed by atoms with Gasteiger partial charge in [0.15, 0.2) is 0 Å². The molecule has 108 valence electrons. The van der Waals surface area contributed by atoms with Gasteiger partial charge < -0.3 is 5.32 Å². The van der Waals surface area contributed by atoms with Crippen molar-refractivity contribution in [3.8, 4) is 0 Å². The molecule has 2 nitrogen and oxygen atoms in total. The van der Waals surface area contributed by atoms with Gasteiger partial charge in [0.2, 0.25) is 0 Å². The second-order valence-electron chi connectivity index (χ2n) is 6.12. The minimum Gasteiger partial charge on any atom is -0.307 e. The number of allylic oxidation sites excluding steroid dienone is 5. The lowest BCUT2D eigenvalue weighted by atomic mass is 9.72. The molecule has 1 aliphatic heterocycles. The molecule has 0 unspecified atom stereocenters. The van der Waals surface area contributed by atoms with Crippen LogP contribution in [0.15, 0.2) is 33.8 Å². The van der Waals surface area contributed by atoms with Crippen LogP contribution < -0.4 is 5.32 Å². The standard InChI is InChI=1S/C16H21NOS2/c1-10-6-5-9-16(3,4)12(10)8-7-11(2)13-14(18)17-15(19)20-13/h7-8H,5-6,9H2,1-4H3,(H,17,18,19). The number of nitrogens with one attached hydrogen (secondary N) is 1. The molecule has 0 bridgehead atoms. The van der Waals surface area contributed by atoms with E-state index in [4.69, 9.17) is 12.2 Å². The van der Waals surface area contributed by atoms with E-state index in [9.17, 15) is 4.79 Å². The van der Waals surface area contributed by atoms with Crippen molar-refractivity contribution in [3.05, 3.63) is 33.8 Å². The maximum absolute atomic E-state index is 11.7. The Labute approximate surface area is 130 Å². The largest absolute Gasteiger partial charge is 0.307 e. The number of carbonyl (C=O) groups excluding carboxylic acids is 1. The van der Waals surface area contributed by atoms with Crippen LogP contribution in [0.1, 0.15) is 47.0 Å². The summed E-state index contributed by atoms with van der Waals surface area (Å²) in [4.78, 5) is 12.5. The van der Waals surface area contributed by atoms with Crippen LogP contribution in [0.25, 0.3) is 0 Å². The van der Waals surface area contributed by atoms with E-state index in [1.165, 1.54) is 42.2 Å². The summed E-state index contributed by atoms with van der Waals surface area (Å²) in [7, 11) is 0. The number of hydrogen-bond donors (Lipinski definition) is 1. The van der Waals surface area contributed by atoms with Crippen molar-refractivity contribution in [1.82, 2.24) is 5.32 Å². The van der Waals surface area contributed by atoms with Crippen molar-refractivity contribution in [2.45, 2.75) is 47.0 Å². The van der Waals surface area contributed by atoms with Crippen molar-refractivity contribution in [3.63, 3.8) is 0 Å². The van der Waals surface area contributed by atoms with E-state index >= 15 is 0 Å². The predicted octanol–water partition coefficient (Wildman–Crippen LogP) is 4.49. The monoisotopic (exact) mass is 307 g/mol. The van der Waals surface area contributed by atoms with E-state index in [2.05, 4.69) is 38.2 Å². The maximum atomic E-state index is 11.7. The molecule has 0 atom stereocenters. The van der Waals surface area contributed by atoms with Crippen LogP contribution in [-0.4, -0.2) is 10.2 Å². The summed E-state index contributed by atoms with van der Waals surface area (Å²) in [6, 6.07) is 0. The Morgan fingerprint density at radius 2 is 2.15 bits per heavy atom. The smallest absolute Gasteiger partial charge is 0.263 e. The molecular weight excluding hydrogens is 286 g/mol. The number of thiocarbonyl (C=S) groups is 1. The first-order valence-corrected chi connectivity index (χ1v) is 8.16. The van der Waals surface area contributed by atoms with Crippen LogP contribution in [0.5, 0.6) is 0 Å². The number of hydrogen-bond acceptors (Lipinski definition) is 3. The molecule has 20 heavy (non-hydrogen) atoms. The van der Waals surface area contributed by atoms with Crippen LogP contribution in [0.2, 0.25) is 0 Å². The van der Waals surface area contributed by atoms with Gasteiger partial charge in [0, 0.05) is 0 Å². The number of rotatable bonds is 2. The van der Waals surface area contributed by atoms with Crippen LogP contribution in [0, 0.1) is 5.41 Å². The van der Waals surface area contributed by atoms with Gasteiger partial charge in [0.05, 0.1) is 4.91 Å². The number of carbonyl (C=O) groups is 1. The predicted molar refractivity (Wildman–Crippen MR) is 90.5 cm³/mol. The highest BCUT2D eigenvalue weighted by atomic mass is 32.2. The Balaban J connectivity index is 2.27. The Morgan fingerprint density at radius 3 is 2.70 bits per heavy atom. The molecule has 0 radical (unpaired) electrons. The molecule has 1 fully saturated rings. The van der Waals surface area contributed by atoms with E-state index in [0.717, 1.165) is 10.5 Å². The summed E-state index contributed by atoms with van der Waals surface area (Å²) in [5.74, 6) is -0.0734. The van der Waals surface area contributed by atoms with Crippen molar-refractivity contribution in [2.24, 2.45) is 5.41 Å². The highest BCUT2D eigenvalue weighted by molar-refractivity contribution is 8.26. The summed E-state index contributed by atoms with van der Waals surface area (Å²) in [5, 5.41) is 2.66. The molecule has 0 aromatic carbocycles. The zero-order valence-corrected chi connectivity index (χ0v) is 14.1. The molecule has 0 saturated carbocycles. The molecule has 1 heterocycles. The second-order valence-corrected chi connectivity index (χ2v) is 7.81. The average molecular weight is 307 g/mol. The van der Waals surface area contributed by atoms with Crippen molar-refractivity contribution >= 4 is 34.2 Å². The molecule has 2 aliphatic rings. The van der Waals surface area contributed by atoms with Crippen molar-refractivity contribution < 1.29 is 4.79 Å². The summed E-state index contributed by atoms with van der Waals surface area (Å²) in [6.07, 6.45) is 7.91. The zero-order chi connectivity index (χ0) is 14.9. The third-order valence-corrected chi connectivity index (χ3v) is 5.37. The third kappa shape index (κ3) is 3.23. The fourth-order valence-corrected chi connectivity index (χ4v) is 3.91. The van der Waals surface area contributed by atoms with E-state index in [1.54, 1.807) is 0 Å². The Kier molecular flexibility index (Phi) is 4.55. The molecule has 0 aromatic rings. The maximum Gasteiger partial charge on any atom is 0.263 e. The summed E-state index contributed by atoms with van der Waals surface area (Å²) >= 11 is 6.37. The fraction of sp³-hybridized carbons (Fsp3) is 0.500.